The zero-order chi connectivity index (χ0) is 15.8. The highest BCUT2D eigenvalue weighted by Gasteiger charge is 2.63. The van der Waals surface area contributed by atoms with Gasteiger partial charge in [-0.05, 0) is 92.8 Å². The van der Waals surface area contributed by atoms with Crippen molar-refractivity contribution in [2.75, 3.05) is 0 Å². The van der Waals surface area contributed by atoms with Crippen LogP contribution in [0.4, 0.5) is 0 Å². The Morgan fingerprint density at radius 3 is 2.48 bits per heavy atom. The number of rotatable bonds is 1. The summed E-state index contributed by atoms with van der Waals surface area (Å²) in [4.78, 5) is 13.2. The van der Waals surface area contributed by atoms with E-state index < -0.39 is 0 Å². The lowest BCUT2D eigenvalue weighted by atomic mass is 9.45. The molecule has 0 aromatic carbocycles. The average Bonchev–Trinajstić information content (AvgIpc) is 3.33. The van der Waals surface area contributed by atoms with Gasteiger partial charge in [0, 0.05) is 11.3 Å². The topological polar surface area (TPSA) is 17.1 Å². The predicted molar refractivity (Wildman–Crippen MR) is 92.9 cm³/mol. The van der Waals surface area contributed by atoms with E-state index in [-0.39, 0.29) is 5.41 Å². The summed E-state index contributed by atoms with van der Waals surface area (Å²) in [7, 11) is 0. The van der Waals surface area contributed by atoms with Gasteiger partial charge in [0.25, 0.3) is 0 Å². The molecule has 5 saturated carbocycles. The van der Waals surface area contributed by atoms with Crippen LogP contribution in [0.5, 0.6) is 0 Å². The molecule has 0 aromatic heterocycles. The molecule has 23 heavy (non-hydrogen) atoms. The fourth-order valence-corrected chi connectivity index (χ4v) is 8.07. The first-order valence-corrected chi connectivity index (χ1v) is 10.6. The zero-order valence-electron chi connectivity index (χ0n) is 15.2. The first-order valence-electron chi connectivity index (χ1n) is 10.6. The van der Waals surface area contributed by atoms with Gasteiger partial charge in [-0.2, -0.15) is 0 Å². The minimum absolute atomic E-state index is 0.0618. The molecular formula is C22H34O. The molecule has 0 bridgehead atoms. The highest BCUT2D eigenvalue weighted by Crippen LogP contribution is 2.67. The van der Waals surface area contributed by atoms with Crippen LogP contribution >= 0.6 is 0 Å². The van der Waals surface area contributed by atoms with Crippen LogP contribution in [0.3, 0.4) is 0 Å². The first kappa shape index (κ1) is 15.0. The standard InChI is InChI=1S/C22H34O/c1-21-11-4-3-5-15(21)8-9-16-18(21)10-12-22(2)19(16)13-17(20(22)23)14-6-7-14/h14-19H,3-13H2,1-2H3/t15?,16-,17?,18-,19+,21+,22+/m1/s1. The molecule has 0 radical (unpaired) electrons. The molecule has 0 aliphatic heterocycles. The van der Waals surface area contributed by atoms with Crippen LogP contribution in [0.15, 0.2) is 0 Å². The first-order chi connectivity index (χ1) is 11.0. The van der Waals surface area contributed by atoms with Crippen molar-refractivity contribution in [3.05, 3.63) is 0 Å². The van der Waals surface area contributed by atoms with Crippen molar-refractivity contribution >= 4 is 5.78 Å². The van der Waals surface area contributed by atoms with Crippen molar-refractivity contribution in [2.24, 2.45) is 46.3 Å². The Balaban J connectivity index is 1.46. The van der Waals surface area contributed by atoms with Gasteiger partial charge in [0.05, 0.1) is 0 Å². The SMILES string of the molecule is C[C@]12CCCCC1CC[C@@H]1[C@H]2CC[C@]2(C)C(=O)C(C3CC3)C[C@@H]12. The second-order valence-corrected chi connectivity index (χ2v) is 10.4. The smallest absolute Gasteiger partial charge is 0.142 e. The predicted octanol–water partition coefficient (Wildman–Crippen LogP) is 5.62. The van der Waals surface area contributed by atoms with E-state index in [1.165, 1.54) is 70.6 Å². The summed E-state index contributed by atoms with van der Waals surface area (Å²) < 4.78 is 0. The van der Waals surface area contributed by atoms with Gasteiger partial charge < -0.3 is 0 Å². The highest BCUT2D eigenvalue weighted by atomic mass is 16.1. The number of hydrogen-bond donors (Lipinski definition) is 0. The largest absolute Gasteiger partial charge is 0.299 e. The Morgan fingerprint density at radius 2 is 1.70 bits per heavy atom. The van der Waals surface area contributed by atoms with E-state index in [4.69, 9.17) is 0 Å². The minimum atomic E-state index is 0.0618. The Hall–Kier alpha value is -0.330. The molecule has 5 aliphatic carbocycles. The lowest BCUT2D eigenvalue weighted by Crippen LogP contribution is -2.52. The van der Waals surface area contributed by atoms with Gasteiger partial charge in [-0.1, -0.05) is 26.7 Å². The maximum Gasteiger partial charge on any atom is 0.142 e. The third-order valence-corrected chi connectivity index (χ3v) is 9.57. The van der Waals surface area contributed by atoms with Crippen molar-refractivity contribution in [3.63, 3.8) is 0 Å². The fourth-order valence-electron chi connectivity index (χ4n) is 8.07. The molecule has 5 rings (SSSR count). The van der Waals surface area contributed by atoms with Gasteiger partial charge in [0.2, 0.25) is 0 Å². The number of hydrogen-bond acceptors (Lipinski definition) is 1. The zero-order valence-corrected chi connectivity index (χ0v) is 15.2. The van der Waals surface area contributed by atoms with Gasteiger partial charge in [-0.25, -0.2) is 0 Å². The van der Waals surface area contributed by atoms with E-state index in [0.29, 0.717) is 17.1 Å². The molecular weight excluding hydrogens is 280 g/mol. The molecule has 0 aromatic rings. The van der Waals surface area contributed by atoms with Crippen molar-refractivity contribution in [1.82, 2.24) is 0 Å². The van der Waals surface area contributed by atoms with Crippen LogP contribution in [0.2, 0.25) is 0 Å². The normalized spacial score (nSPS) is 55.9. The maximum atomic E-state index is 13.2. The molecule has 7 atom stereocenters. The minimum Gasteiger partial charge on any atom is -0.299 e. The Bertz CT molecular complexity index is 520. The molecule has 0 heterocycles. The van der Waals surface area contributed by atoms with Crippen LogP contribution in [-0.4, -0.2) is 5.78 Å². The summed E-state index contributed by atoms with van der Waals surface area (Å²) in [5.41, 5.74) is 0.676. The van der Waals surface area contributed by atoms with E-state index in [0.717, 1.165) is 29.6 Å². The summed E-state index contributed by atoms with van der Waals surface area (Å²) in [6.07, 6.45) is 15.3. The van der Waals surface area contributed by atoms with Gasteiger partial charge in [-0.3, -0.25) is 4.79 Å². The van der Waals surface area contributed by atoms with Crippen LogP contribution < -0.4 is 0 Å². The highest BCUT2D eigenvalue weighted by molar-refractivity contribution is 5.90. The molecule has 128 valence electrons. The summed E-state index contributed by atoms with van der Waals surface area (Å²) in [6.45, 7) is 5.01. The van der Waals surface area contributed by atoms with Gasteiger partial charge in [-0.15, -0.1) is 0 Å². The molecule has 0 amide bonds. The lowest BCUT2D eigenvalue weighted by Gasteiger charge is -2.59. The lowest BCUT2D eigenvalue weighted by molar-refractivity contribution is -0.140. The third-order valence-electron chi connectivity index (χ3n) is 9.57. The van der Waals surface area contributed by atoms with Crippen molar-refractivity contribution in [3.8, 4) is 0 Å². The quantitative estimate of drug-likeness (QED) is 0.613. The van der Waals surface area contributed by atoms with Crippen molar-refractivity contribution in [2.45, 2.75) is 84.5 Å². The number of fused-ring (bicyclic) bond motifs is 5. The van der Waals surface area contributed by atoms with E-state index in [2.05, 4.69) is 13.8 Å². The van der Waals surface area contributed by atoms with Crippen LogP contribution in [0, 0.1) is 46.3 Å². The Labute approximate surface area is 142 Å². The molecule has 5 aliphatic rings. The van der Waals surface area contributed by atoms with Crippen LogP contribution in [0.1, 0.15) is 84.5 Å². The van der Waals surface area contributed by atoms with Gasteiger partial charge in [0.15, 0.2) is 0 Å². The third kappa shape index (κ3) is 1.94. The van der Waals surface area contributed by atoms with E-state index in [1.54, 1.807) is 0 Å². The van der Waals surface area contributed by atoms with E-state index in [9.17, 15) is 4.79 Å². The fraction of sp³-hybridized carbons (Fsp3) is 0.955. The molecule has 1 nitrogen and oxygen atoms in total. The summed E-state index contributed by atoms with van der Waals surface area (Å²) >= 11 is 0. The van der Waals surface area contributed by atoms with E-state index in [1.807, 2.05) is 0 Å². The number of Topliss-reactive ketones (excluding diaryl/α,β-unsaturated/α-hetero) is 1. The van der Waals surface area contributed by atoms with Crippen LogP contribution in [0.25, 0.3) is 0 Å². The molecule has 1 heteroatoms. The average molecular weight is 315 g/mol. The van der Waals surface area contributed by atoms with Gasteiger partial charge >= 0.3 is 0 Å². The summed E-state index contributed by atoms with van der Waals surface area (Å²) in [5, 5.41) is 0. The summed E-state index contributed by atoms with van der Waals surface area (Å²) in [6, 6.07) is 0. The second-order valence-electron chi connectivity index (χ2n) is 10.4. The monoisotopic (exact) mass is 314 g/mol. The molecule has 0 spiro atoms. The Kier molecular flexibility index (Phi) is 3.16. The van der Waals surface area contributed by atoms with E-state index >= 15 is 0 Å². The Morgan fingerprint density at radius 1 is 0.870 bits per heavy atom. The van der Waals surface area contributed by atoms with Gasteiger partial charge in [0.1, 0.15) is 5.78 Å². The van der Waals surface area contributed by atoms with Crippen LogP contribution in [-0.2, 0) is 4.79 Å². The number of ketones is 1. The van der Waals surface area contributed by atoms with Crippen molar-refractivity contribution < 1.29 is 4.79 Å². The molecule has 0 saturated heterocycles. The summed E-state index contributed by atoms with van der Waals surface area (Å²) in [5.74, 6) is 5.48. The molecule has 5 fully saturated rings. The number of carbonyl (C=O) groups is 1. The second kappa shape index (κ2) is 4.85. The molecule has 2 unspecified atom stereocenters. The maximum absolute atomic E-state index is 13.2. The number of carbonyl (C=O) groups excluding carboxylic acids is 1. The van der Waals surface area contributed by atoms with Crippen molar-refractivity contribution in [1.29, 1.82) is 0 Å². The molecule has 0 N–H and O–H groups in total.